The molecule has 0 bridgehead atoms. The number of anilines is 3. The molecule has 0 spiro atoms. The van der Waals surface area contributed by atoms with Gasteiger partial charge in [-0.2, -0.15) is 0 Å². The van der Waals surface area contributed by atoms with Gasteiger partial charge in [0.2, 0.25) is 11.6 Å². The molecule has 0 saturated heterocycles. The number of fused-ring (bicyclic) bond motifs is 1. The minimum atomic E-state index is -0.603. The monoisotopic (exact) mass is 370 g/mol. The first-order chi connectivity index (χ1) is 12.9. The Kier molecular flexibility index (Phi) is 5.11. The minimum Gasteiger partial charge on any atom is -0.508 e. The van der Waals surface area contributed by atoms with E-state index in [0.717, 1.165) is 11.3 Å². The number of nitrogens with zero attached hydrogens (tertiary/aromatic N) is 5. The topological polar surface area (TPSA) is 105 Å². The number of aromatic hydroxyl groups is 1. The van der Waals surface area contributed by atoms with E-state index in [1.165, 1.54) is 0 Å². The highest BCUT2D eigenvalue weighted by Crippen LogP contribution is 2.32. The Morgan fingerprint density at radius 2 is 2.15 bits per heavy atom. The van der Waals surface area contributed by atoms with Crippen molar-refractivity contribution in [3.8, 4) is 5.75 Å². The molecule has 0 aliphatic heterocycles. The summed E-state index contributed by atoms with van der Waals surface area (Å²) in [5, 5.41) is 20.7. The molecule has 0 fully saturated rings. The van der Waals surface area contributed by atoms with Crippen LogP contribution in [0.4, 0.5) is 22.2 Å². The summed E-state index contributed by atoms with van der Waals surface area (Å²) >= 11 is 0. The van der Waals surface area contributed by atoms with E-state index < -0.39 is 6.09 Å². The van der Waals surface area contributed by atoms with Crippen LogP contribution in [0, 0.1) is 6.92 Å². The number of nitrogens with one attached hydrogen (secondary N) is 1. The van der Waals surface area contributed by atoms with E-state index in [4.69, 9.17) is 4.74 Å². The lowest BCUT2D eigenvalue weighted by atomic mass is 10.1. The van der Waals surface area contributed by atoms with E-state index >= 15 is 0 Å². The fourth-order valence-electron chi connectivity index (χ4n) is 2.75. The number of hydrogen-bond donors (Lipinski definition) is 2. The number of carbonyl (C=O) groups excluding carboxylic acids is 1. The van der Waals surface area contributed by atoms with Crippen molar-refractivity contribution in [1.29, 1.82) is 0 Å². The van der Waals surface area contributed by atoms with Gasteiger partial charge < -0.3 is 14.7 Å². The van der Waals surface area contributed by atoms with Crippen LogP contribution in [0.2, 0.25) is 0 Å². The number of aromatic nitrogens is 4. The average molecular weight is 370 g/mol. The molecule has 0 saturated carbocycles. The normalized spacial score (nSPS) is 11.0. The van der Waals surface area contributed by atoms with E-state index in [2.05, 4.69) is 20.5 Å². The van der Waals surface area contributed by atoms with Crippen molar-refractivity contribution in [3.05, 3.63) is 36.2 Å². The molecule has 0 aliphatic rings. The Morgan fingerprint density at radius 1 is 1.37 bits per heavy atom. The third-order valence-corrected chi connectivity index (χ3v) is 3.92. The van der Waals surface area contributed by atoms with Gasteiger partial charge in [-0.15, -0.1) is 10.2 Å². The van der Waals surface area contributed by atoms with E-state index in [1.807, 2.05) is 24.8 Å². The fraction of sp³-hybridized carbons (Fsp3) is 0.333. The second kappa shape index (κ2) is 7.48. The molecule has 27 heavy (non-hydrogen) atoms. The van der Waals surface area contributed by atoms with Crippen LogP contribution in [0.5, 0.6) is 5.75 Å². The van der Waals surface area contributed by atoms with Crippen LogP contribution < -0.4 is 10.2 Å². The first-order valence-corrected chi connectivity index (χ1v) is 8.65. The van der Waals surface area contributed by atoms with Crippen LogP contribution in [-0.4, -0.2) is 43.4 Å². The predicted molar refractivity (Wildman–Crippen MR) is 102 cm³/mol. The van der Waals surface area contributed by atoms with E-state index in [-0.39, 0.29) is 17.8 Å². The van der Waals surface area contributed by atoms with Crippen LogP contribution in [-0.2, 0) is 4.74 Å². The number of phenolic OH excluding ortho intramolecular Hbond substituents is 1. The molecule has 3 rings (SSSR count). The van der Waals surface area contributed by atoms with Crippen molar-refractivity contribution < 1.29 is 14.6 Å². The first-order valence-electron chi connectivity index (χ1n) is 8.65. The number of rotatable bonds is 5. The number of phenols is 1. The third-order valence-electron chi connectivity index (χ3n) is 3.92. The SMILES string of the molecule is CCN(c1cc(O)ccc1C)c1nccn2c(NC(=O)OC(C)C)nnc12. The molecule has 2 heterocycles. The molecule has 3 aromatic rings. The summed E-state index contributed by atoms with van der Waals surface area (Å²) in [6, 6.07) is 5.16. The first kappa shape index (κ1) is 18.4. The molecule has 9 heteroatoms. The predicted octanol–water partition coefficient (Wildman–Crippen LogP) is 3.25. The summed E-state index contributed by atoms with van der Waals surface area (Å²) in [6.45, 7) is 8.06. The molecule has 1 aromatic carbocycles. The van der Waals surface area contributed by atoms with Crippen LogP contribution >= 0.6 is 0 Å². The molecule has 2 aromatic heterocycles. The Labute approximate surface area is 156 Å². The van der Waals surface area contributed by atoms with Crippen molar-refractivity contribution in [2.24, 2.45) is 0 Å². The maximum absolute atomic E-state index is 11.9. The van der Waals surface area contributed by atoms with Crippen LogP contribution in [0.25, 0.3) is 5.65 Å². The summed E-state index contributed by atoms with van der Waals surface area (Å²) in [5.41, 5.74) is 2.27. The number of hydrogen-bond acceptors (Lipinski definition) is 7. The lowest BCUT2D eigenvalue weighted by Gasteiger charge is -2.24. The molecule has 2 N–H and O–H groups in total. The van der Waals surface area contributed by atoms with Gasteiger partial charge in [0.25, 0.3) is 0 Å². The number of ether oxygens (including phenoxy) is 1. The van der Waals surface area contributed by atoms with Crippen molar-refractivity contribution in [1.82, 2.24) is 19.6 Å². The number of aryl methyl sites for hydroxylation is 1. The largest absolute Gasteiger partial charge is 0.508 e. The molecule has 0 radical (unpaired) electrons. The van der Waals surface area contributed by atoms with Crippen molar-refractivity contribution in [2.75, 3.05) is 16.8 Å². The van der Waals surface area contributed by atoms with Gasteiger partial charge in [0.05, 0.1) is 6.10 Å². The van der Waals surface area contributed by atoms with Crippen molar-refractivity contribution in [2.45, 2.75) is 33.8 Å². The Hall–Kier alpha value is -3.36. The van der Waals surface area contributed by atoms with Crippen LogP contribution in [0.15, 0.2) is 30.6 Å². The smallest absolute Gasteiger partial charge is 0.414 e. The number of benzene rings is 1. The highest BCUT2D eigenvalue weighted by molar-refractivity contribution is 5.84. The lowest BCUT2D eigenvalue weighted by molar-refractivity contribution is 0.129. The molecular formula is C18H22N6O3. The summed E-state index contributed by atoms with van der Waals surface area (Å²) in [7, 11) is 0. The third kappa shape index (κ3) is 3.76. The van der Waals surface area contributed by atoms with Gasteiger partial charge in [0, 0.05) is 30.7 Å². The van der Waals surface area contributed by atoms with Gasteiger partial charge in [-0.1, -0.05) is 6.07 Å². The average Bonchev–Trinajstić information content (AvgIpc) is 3.01. The van der Waals surface area contributed by atoms with E-state index in [1.54, 1.807) is 42.8 Å². The van der Waals surface area contributed by atoms with E-state index in [9.17, 15) is 9.90 Å². The zero-order chi connectivity index (χ0) is 19.6. The van der Waals surface area contributed by atoms with Gasteiger partial charge >= 0.3 is 6.09 Å². The molecule has 9 nitrogen and oxygen atoms in total. The standard InChI is InChI=1S/C18H22N6O3/c1-5-23(14-10-13(25)7-6-12(14)4)15-16-21-22-17(24(16)9-8-19-15)20-18(26)27-11(2)3/h6-11,25H,5H2,1-4H3,(H,20,22,26). The molecule has 1 amide bonds. The molecule has 142 valence electrons. The summed E-state index contributed by atoms with van der Waals surface area (Å²) in [4.78, 5) is 18.2. The summed E-state index contributed by atoms with van der Waals surface area (Å²) in [5.74, 6) is 0.968. The molecule has 0 atom stereocenters. The van der Waals surface area contributed by atoms with Gasteiger partial charge in [0.1, 0.15) is 5.75 Å². The Morgan fingerprint density at radius 3 is 2.85 bits per heavy atom. The zero-order valence-electron chi connectivity index (χ0n) is 15.7. The number of carbonyl (C=O) groups is 1. The molecule has 0 aliphatic carbocycles. The highest BCUT2D eigenvalue weighted by Gasteiger charge is 2.19. The van der Waals surface area contributed by atoms with Crippen molar-refractivity contribution in [3.63, 3.8) is 0 Å². The lowest BCUT2D eigenvalue weighted by Crippen LogP contribution is -2.20. The summed E-state index contributed by atoms with van der Waals surface area (Å²) in [6.07, 6.45) is 2.41. The quantitative estimate of drug-likeness (QED) is 0.710. The highest BCUT2D eigenvalue weighted by atomic mass is 16.6. The van der Waals surface area contributed by atoms with Gasteiger partial charge in [-0.05, 0) is 39.3 Å². The van der Waals surface area contributed by atoms with Crippen LogP contribution in [0.1, 0.15) is 26.3 Å². The van der Waals surface area contributed by atoms with Gasteiger partial charge in [0.15, 0.2) is 5.82 Å². The zero-order valence-corrected chi connectivity index (χ0v) is 15.7. The molecular weight excluding hydrogens is 348 g/mol. The second-order valence-corrected chi connectivity index (χ2v) is 6.26. The molecule has 0 unspecified atom stereocenters. The van der Waals surface area contributed by atoms with Gasteiger partial charge in [-0.25, -0.2) is 9.78 Å². The van der Waals surface area contributed by atoms with Crippen molar-refractivity contribution >= 4 is 29.2 Å². The van der Waals surface area contributed by atoms with Crippen LogP contribution in [0.3, 0.4) is 0 Å². The van der Waals surface area contributed by atoms with E-state index in [0.29, 0.717) is 18.0 Å². The maximum Gasteiger partial charge on any atom is 0.414 e. The number of amides is 1. The maximum atomic E-state index is 11.9. The van der Waals surface area contributed by atoms with Gasteiger partial charge in [-0.3, -0.25) is 9.72 Å². The Bertz CT molecular complexity index is 969. The summed E-state index contributed by atoms with van der Waals surface area (Å²) < 4.78 is 6.71. The fourth-order valence-corrected chi connectivity index (χ4v) is 2.75. The minimum absolute atomic E-state index is 0.168. The Balaban J connectivity index is 2.02. The second-order valence-electron chi connectivity index (χ2n) is 6.26.